The van der Waals surface area contributed by atoms with Crippen molar-refractivity contribution < 1.29 is 24.2 Å². The second kappa shape index (κ2) is 3.28. The summed E-state index contributed by atoms with van der Waals surface area (Å²) in [5.74, 6) is -2.94. The Hall–Kier alpha value is -1.82. The molecule has 1 aromatic heterocycles. The zero-order valence-corrected chi connectivity index (χ0v) is 6.43. The number of carboxylic acid groups (broad SMARTS) is 2. The molecule has 0 fully saturated rings. The Balaban J connectivity index is 2.91. The lowest BCUT2D eigenvalue weighted by molar-refractivity contribution is -0.139. The molecule has 0 amide bonds. The number of aromatic carboxylic acids is 1. The molecule has 0 saturated carbocycles. The van der Waals surface area contributed by atoms with Crippen LogP contribution in [0.1, 0.15) is 22.4 Å². The second-order valence-corrected chi connectivity index (χ2v) is 2.32. The molecular weight excluding hydrogens is 178 g/mol. The molecule has 6 heteroatoms. The van der Waals surface area contributed by atoms with E-state index < -0.39 is 18.0 Å². The van der Waals surface area contributed by atoms with E-state index in [1.165, 1.54) is 6.07 Å². The van der Waals surface area contributed by atoms with Gasteiger partial charge in [0, 0.05) is 0 Å². The predicted octanol–water partition coefficient (Wildman–Crippen LogP) is 0.0622. The molecule has 6 nitrogen and oxygen atoms in total. The van der Waals surface area contributed by atoms with Crippen LogP contribution >= 0.6 is 0 Å². The maximum absolute atomic E-state index is 10.3. The Morgan fingerprint density at radius 1 is 1.38 bits per heavy atom. The van der Waals surface area contributed by atoms with Gasteiger partial charge in [0.2, 0.25) is 5.76 Å². The quantitative estimate of drug-likeness (QED) is 0.613. The molecular formula is C7H7NO5. The van der Waals surface area contributed by atoms with Crippen LogP contribution in [0, 0.1) is 0 Å². The number of carboxylic acids is 2. The molecule has 4 N–H and O–H groups in total. The maximum Gasteiger partial charge on any atom is 0.371 e. The number of nitrogens with two attached hydrogens (primary N) is 1. The summed E-state index contributed by atoms with van der Waals surface area (Å²) in [6.45, 7) is 0. The van der Waals surface area contributed by atoms with E-state index in [0.717, 1.165) is 6.07 Å². The zero-order chi connectivity index (χ0) is 10.0. The van der Waals surface area contributed by atoms with E-state index in [0.29, 0.717) is 0 Å². The van der Waals surface area contributed by atoms with E-state index in [1.807, 2.05) is 0 Å². The van der Waals surface area contributed by atoms with Crippen molar-refractivity contribution in [2.24, 2.45) is 5.73 Å². The van der Waals surface area contributed by atoms with Crippen LogP contribution in [0.5, 0.6) is 0 Å². The highest BCUT2D eigenvalue weighted by Crippen LogP contribution is 2.14. The lowest BCUT2D eigenvalue weighted by Gasteiger charge is -2.00. The summed E-state index contributed by atoms with van der Waals surface area (Å²) in [6.07, 6.45) is 0. The number of hydrogen-bond acceptors (Lipinski definition) is 4. The molecule has 70 valence electrons. The molecule has 0 aliphatic rings. The van der Waals surface area contributed by atoms with Gasteiger partial charge in [-0.05, 0) is 12.1 Å². The summed E-state index contributed by atoms with van der Waals surface area (Å²) in [6, 6.07) is 1.05. The van der Waals surface area contributed by atoms with Crippen molar-refractivity contribution in [3.63, 3.8) is 0 Å². The Morgan fingerprint density at radius 2 is 2.00 bits per heavy atom. The van der Waals surface area contributed by atoms with Crippen molar-refractivity contribution in [1.82, 2.24) is 0 Å². The van der Waals surface area contributed by atoms with Crippen LogP contribution in [-0.4, -0.2) is 22.2 Å². The zero-order valence-electron chi connectivity index (χ0n) is 6.43. The van der Waals surface area contributed by atoms with Crippen LogP contribution in [0.4, 0.5) is 0 Å². The van der Waals surface area contributed by atoms with E-state index in [-0.39, 0.29) is 11.5 Å². The lowest BCUT2D eigenvalue weighted by atomic mass is 10.2. The number of carbonyl (C=O) groups is 2. The molecule has 1 atom stereocenters. The fourth-order valence-electron chi connectivity index (χ4n) is 0.757. The van der Waals surface area contributed by atoms with E-state index in [1.54, 1.807) is 0 Å². The standard InChI is InChI=1S/C7H7NO5/c8-5(7(11)12)3-1-2-4(13-3)6(9)10/h1-2,5H,8H2,(H,9,10)(H,11,12). The summed E-state index contributed by atoms with van der Waals surface area (Å²) < 4.78 is 4.66. The third-order valence-corrected chi connectivity index (χ3v) is 1.41. The molecule has 0 bridgehead atoms. The molecule has 0 aromatic carbocycles. The van der Waals surface area contributed by atoms with Crippen LogP contribution in [0.15, 0.2) is 16.5 Å². The van der Waals surface area contributed by atoms with Gasteiger partial charge in [-0.3, -0.25) is 4.79 Å². The minimum Gasteiger partial charge on any atom is -0.480 e. The molecule has 1 heterocycles. The normalized spacial score (nSPS) is 12.4. The minimum absolute atomic E-state index is 0.0788. The van der Waals surface area contributed by atoms with Crippen LogP contribution in [-0.2, 0) is 4.79 Å². The van der Waals surface area contributed by atoms with Gasteiger partial charge >= 0.3 is 11.9 Å². The molecule has 0 aliphatic heterocycles. The van der Waals surface area contributed by atoms with Crippen LogP contribution in [0.2, 0.25) is 0 Å². The van der Waals surface area contributed by atoms with Crippen molar-refractivity contribution in [1.29, 1.82) is 0 Å². The van der Waals surface area contributed by atoms with Gasteiger partial charge in [0.15, 0.2) is 6.04 Å². The van der Waals surface area contributed by atoms with Crippen molar-refractivity contribution in [3.05, 3.63) is 23.7 Å². The minimum atomic E-state index is -1.33. The highest BCUT2D eigenvalue weighted by Gasteiger charge is 2.19. The van der Waals surface area contributed by atoms with Gasteiger partial charge in [0.1, 0.15) is 5.76 Å². The topological polar surface area (TPSA) is 114 Å². The number of aliphatic carboxylic acids is 1. The van der Waals surface area contributed by atoms with E-state index in [4.69, 9.17) is 15.9 Å². The summed E-state index contributed by atoms with van der Waals surface area (Å²) in [5, 5.41) is 16.9. The average molecular weight is 185 g/mol. The molecule has 0 aliphatic carbocycles. The molecule has 1 aromatic rings. The number of hydrogen-bond donors (Lipinski definition) is 3. The van der Waals surface area contributed by atoms with Gasteiger partial charge in [0.05, 0.1) is 0 Å². The van der Waals surface area contributed by atoms with Gasteiger partial charge < -0.3 is 20.4 Å². The van der Waals surface area contributed by atoms with Gasteiger partial charge in [-0.15, -0.1) is 0 Å². The van der Waals surface area contributed by atoms with Crippen LogP contribution in [0.25, 0.3) is 0 Å². The summed E-state index contributed by atoms with van der Waals surface area (Å²) >= 11 is 0. The predicted molar refractivity (Wildman–Crippen MR) is 40.2 cm³/mol. The Labute approximate surface area is 72.6 Å². The van der Waals surface area contributed by atoms with Crippen molar-refractivity contribution >= 4 is 11.9 Å². The average Bonchev–Trinajstić information content (AvgIpc) is 2.50. The Bertz CT molecular complexity index is 342. The first-order chi connectivity index (χ1) is 6.02. The molecule has 0 saturated heterocycles. The van der Waals surface area contributed by atoms with Gasteiger partial charge in [0.25, 0.3) is 0 Å². The van der Waals surface area contributed by atoms with Crippen LogP contribution < -0.4 is 5.73 Å². The fraction of sp³-hybridized carbons (Fsp3) is 0.143. The van der Waals surface area contributed by atoms with E-state index in [9.17, 15) is 9.59 Å². The van der Waals surface area contributed by atoms with Gasteiger partial charge in [-0.25, -0.2) is 4.79 Å². The fourth-order valence-corrected chi connectivity index (χ4v) is 0.757. The first kappa shape index (κ1) is 9.27. The first-order valence-electron chi connectivity index (χ1n) is 3.34. The Kier molecular flexibility index (Phi) is 2.34. The molecule has 0 spiro atoms. The van der Waals surface area contributed by atoms with E-state index >= 15 is 0 Å². The first-order valence-corrected chi connectivity index (χ1v) is 3.34. The van der Waals surface area contributed by atoms with Crippen LogP contribution in [0.3, 0.4) is 0 Å². The van der Waals surface area contributed by atoms with Gasteiger partial charge in [-0.1, -0.05) is 0 Å². The summed E-state index contributed by atoms with van der Waals surface area (Å²) in [5.41, 5.74) is 5.17. The highest BCUT2D eigenvalue weighted by molar-refractivity contribution is 5.84. The molecule has 1 rings (SSSR count). The second-order valence-electron chi connectivity index (χ2n) is 2.32. The van der Waals surface area contributed by atoms with Gasteiger partial charge in [-0.2, -0.15) is 0 Å². The smallest absolute Gasteiger partial charge is 0.371 e. The van der Waals surface area contributed by atoms with Crippen molar-refractivity contribution in [2.75, 3.05) is 0 Å². The summed E-state index contributed by atoms with van der Waals surface area (Å²) in [4.78, 5) is 20.7. The third-order valence-electron chi connectivity index (χ3n) is 1.41. The van der Waals surface area contributed by atoms with E-state index in [2.05, 4.69) is 4.42 Å². The Morgan fingerprint density at radius 3 is 2.38 bits per heavy atom. The monoisotopic (exact) mass is 185 g/mol. The SMILES string of the molecule is NC(C(=O)O)c1ccc(C(=O)O)o1. The third kappa shape index (κ3) is 1.85. The largest absolute Gasteiger partial charge is 0.480 e. The molecule has 1 unspecified atom stereocenters. The van der Waals surface area contributed by atoms with Crippen molar-refractivity contribution in [3.8, 4) is 0 Å². The molecule has 13 heavy (non-hydrogen) atoms. The van der Waals surface area contributed by atoms with Crippen molar-refractivity contribution in [2.45, 2.75) is 6.04 Å². The summed E-state index contributed by atoms with van der Waals surface area (Å²) in [7, 11) is 0. The molecule has 0 radical (unpaired) electrons. The number of rotatable bonds is 3. The lowest BCUT2D eigenvalue weighted by Crippen LogP contribution is -2.19. The highest BCUT2D eigenvalue weighted by atomic mass is 16.4. The number of furan rings is 1. The maximum atomic E-state index is 10.3.